The number of halogens is 4. The van der Waals surface area contributed by atoms with E-state index in [1.807, 2.05) is 23.1 Å². The second-order valence-electron chi connectivity index (χ2n) is 8.99. The molecule has 5 rings (SSSR count). The molecule has 2 atom stereocenters. The van der Waals surface area contributed by atoms with E-state index in [-0.39, 0.29) is 54.3 Å². The summed E-state index contributed by atoms with van der Waals surface area (Å²) in [7, 11) is 0. The van der Waals surface area contributed by atoms with Crippen molar-refractivity contribution in [3.05, 3.63) is 70.8 Å². The standard InChI is InChI=1S/C25H29F2N3O.2ClH/c26-19-5-3-18(4-6-19)22-17-24(23-16-20(27)7-8-21(22)23)29-13-10-28(11-14-29)12-15-30-9-1-2-25(30)31;;/h3-8,16,22,24H,1-2,9-15,17H2;2*1H. The van der Waals surface area contributed by atoms with Gasteiger partial charge in [0.2, 0.25) is 5.91 Å². The molecule has 2 aliphatic heterocycles. The number of carbonyl (C=O) groups is 1. The van der Waals surface area contributed by atoms with Gasteiger partial charge in [0.15, 0.2) is 0 Å². The van der Waals surface area contributed by atoms with E-state index in [1.165, 1.54) is 18.2 Å². The molecule has 0 bridgehead atoms. The summed E-state index contributed by atoms with van der Waals surface area (Å²) >= 11 is 0. The summed E-state index contributed by atoms with van der Waals surface area (Å²) in [6.07, 6.45) is 2.58. The largest absolute Gasteiger partial charge is 0.341 e. The third kappa shape index (κ3) is 5.51. The molecule has 2 heterocycles. The Labute approximate surface area is 206 Å². The molecule has 0 N–H and O–H groups in total. The molecule has 2 aromatic carbocycles. The van der Waals surface area contributed by atoms with E-state index in [4.69, 9.17) is 0 Å². The SMILES string of the molecule is Cl.Cl.O=C1CCCN1CCN1CCN(C2CC(c3ccc(F)cc3)c3ccc(F)cc32)CC1. The number of likely N-dealkylation sites (tertiary alicyclic amines) is 1. The highest BCUT2D eigenvalue weighted by atomic mass is 35.5. The van der Waals surface area contributed by atoms with Crippen molar-refractivity contribution in [2.24, 2.45) is 0 Å². The van der Waals surface area contributed by atoms with Gasteiger partial charge in [-0.2, -0.15) is 0 Å². The van der Waals surface area contributed by atoms with Crippen LogP contribution in [0.3, 0.4) is 0 Å². The molecule has 2 unspecified atom stereocenters. The minimum atomic E-state index is -0.232. The fraction of sp³-hybridized carbons (Fsp3) is 0.480. The molecule has 4 nitrogen and oxygen atoms in total. The van der Waals surface area contributed by atoms with Gasteiger partial charge >= 0.3 is 0 Å². The number of nitrogens with zero attached hydrogens (tertiary/aromatic N) is 3. The first-order chi connectivity index (χ1) is 15.1. The van der Waals surface area contributed by atoms with Gasteiger partial charge in [-0.1, -0.05) is 18.2 Å². The Bertz CT molecular complexity index is 951. The molecule has 2 fully saturated rings. The number of hydrogen-bond donors (Lipinski definition) is 0. The molecule has 0 spiro atoms. The molecule has 2 aromatic rings. The first kappa shape index (κ1) is 25.9. The summed E-state index contributed by atoms with van der Waals surface area (Å²) in [6, 6.07) is 12.0. The summed E-state index contributed by atoms with van der Waals surface area (Å²) in [5, 5.41) is 0. The molecule has 180 valence electrons. The number of benzene rings is 2. The highest BCUT2D eigenvalue weighted by molar-refractivity contribution is 5.85. The van der Waals surface area contributed by atoms with Crippen LogP contribution in [-0.2, 0) is 4.79 Å². The van der Waals surface area contributed by atoms with Crippen LogP contribution in [0, 0.1) is 11.6 Å². The number of fused-ring (bicyclic) bond motifs is 1. The Kier molecular flexibility index (Phi) is 8.73. The smallest absolute Gasteiger partial charge is 0.222 e. The van der Waals surface area contributed by atoms with Crippen LogP contribution < -0.4 is 0 Å². The molecular formula is C25H31Cl2F2N3O. The van der Waals surface area contributed by atoms with Crippen molar-refractivity contribution in [1.29, 1.82) is 0 Å². The van der Waals surface area contributed by atoms with Gasteiger partial charge in [-0.25, -0.2) is 8.78 Å². The van der Waals surface area contributed by atoms with E-state index < -0.39 is 0 Å². The maximum absolute atomic E-state index is 14.1. The summed E-state index contributed by atoms with van der Waals surface area (Å²) in [6.45, 7) is 6.44. The second-order valence-corrected chi connectivity index (χ2v) is 8.99. The Balaban J connectivity index is 0.00000153. The zero-order valence-corrected chi connectivity index (χ0v) is 20.2. The fourth-order valence-corrected chi connectivity index (χ4v) is 5.49. The third-order valence-electron chi connectivity index (χ3n) is 7.22. The summed E-state index contributed by atoms with van der Waals surface area (Å²) < 4.78 is 27.5. The lowest BCUT2D eigenvalue weighted by atomic mass is 9.93. The first-order valence-corrected chi connectivity index (χ1v) is 11.4. The average molecular weight is 498 g/mol. The maximum Gasteiger partial charge on any atom is 0.222 e. The van der Waals surface area contributed by atoms with Crippen molar-refractivity contribution in [2.45, 2.75) is 31.2 Å². The van der Waals surface area contributed by atoms with E-state index in [2.05, 4.69) is 9.80 Å². The molecule has 2 saturated heterocycles. The molecule has 33 heavy (non-hydrogen) atoms. The van der Waals surface area contributed by atoms with Gasteiger partial charge in [-0.15, -0.1) is 24.8 Å². The van der Waals surface area contributed by atoms with E-state index in [0.29, 0.717) is 6.42 Å². The highest BCUT2D eigenvalue weighted by Gasteiger charge is 2.37. The van der Waals surface area contributed by atoms with Crippen molar-refractivity contribution in [3.63, 3.8) is 0 Å². The summed E-state index contributed by atoms with van der Waals surface area (Å²) in [4.78, 5) is 18.7. The van der Waals surface area contributed by atoms with Gasteiger partial charge in [0.1, 0.15) is 11.6 Å². The zero-order valence-electron chi connectivity index (χ0n) is 18.6. The molecule has 1 amide bonds. The second kappa shape index (κ2) is 11.1. The third-order valence-corrected chi connectivity index (χ3v) is 7.22. The lowest BCUT2D eigenvalue weighted by molar-refractivity contribution is -0.127. The molecule has 8 heteroatoms. The Morgan fingerprint density at radius 2 is 1.52 bits per heavy atom. The topological polar surface area (TPSA) is 26.8 Å². The molecular weight excluding hydrogens is 467 g/mol. The minimum Gasteiger partial charge on any atom is -0.341 e. The van der Waals surface area contributed by atoms with Crippen LogP contribution in [0.5, 0.6) is 0 Å². The van der Waals surface area contributed by atoms with Gasteiger partial charge < -0.3 is 4.90 Å². The predicted octanol–water partition coefficient (Wildman–Crippen LogP) is 4.63. The van der Waals surface area contributed by atoms with Crippen molar-refractivity contribution in [2.75, 3.05) is 45.8 Å². The lowest BCUT2D eigenvalue weighted by Gasteiger charge is -2.39. The highest BCUT2D eigenvalue weighted by Crippen LogP contribution is 2.47. The van der Waals surface area contributed by atoms with Gasteiger partial charge in [0.25, 0.3) is 0 Å². The van der Waals surface area contributed by atoms with Crippen LogP contribution >= 0.6 is 24.8 Å². The molecule has 0 aromatic heterocycles. The van der Waals surface area contributed by atoms with Gasteiger partial charge in [-0.05, 0) is 53.8 Å². The summed E-state index contributed by atoms with van der Waals surface area (Å²) in [5.41, 5.74) is 3.32. The van der Waals surface area contributed by atoms with Gasteiger partial charge in [-0.3, -0.25) is 14.6 Å². The summed E-state index contributed by atoms with van der Waals surface area (Å²) in [5.74, 6) is 0.0253. The normalized spacial score (nSPS) is 23.2. The van der Waals surface area contributed by atoms with Crippen LogP contribution in [0.1, 0.15) is 47.9 Å². The number of piperazine rings is 1. The van der Waals surface area contributed by atoms with Crippen molar-refractivity contribution < 1.29 is 13.6 Å². The number of rotatable bonds is 5. The van der Waals surface area contributed by atoms with E-state index in [1.54, 1.807) is 6.07 Å². The van der Waals surface area contributed by atoms with E-state index in [0.717, 1.165) is 75.3 Å². The zero-order chi connectivity index (χ0) is 21.4. The van der Waals surface area contributed by atoms with Gasteiger partial charge in [0, 0.05) is 64.2 Å². The Morgan fingerprint density at radius 1 is 0.818 bits per heavy atom. The van der Waals surface area contributed by atoms with Crippen LogP contribution in [0.25, 0.3) is 0 Å². The molecule has 0 saturated carbocycles. The maximum atomic E-state index is 14.1. The van der Waals surface area contributed by atoms with Crippen LogP contribution in [-0.4, -0.2) is 66.4 Å². The van der Waals surface area contributed by atoms with E-state index in [9.17, 15) is 13.6 Å². The van der Waals surface area contributed by atoms with Gasteiger partial charge in [0.05, 0.1) is 0 Å². The number of amides is 1. The van der Waals surface area contributed by atoms with Crippen LogP contribution in [0.15, 0.2) is 42.5 Å². The average Bonchev–Trinajstić information content (AvgIpc) is 3.36. The number of carbonyl (C=O) groups excluding carboxylic acids is 1. The first-order valence-electron chi connectivity index (χ1n) is 11.4. The Morgan fingerprint density at radius 3 is 2.18 bits per heavy atom. The predicted molar refractivity (Wildman–Crippen MR) is 130 cm³/mol. The molecule has 0 radical (unpaired) electrons. The van der Waals surface area contributed by atoms with Crippen molar-refractivity contribution in [3.8, 4) is 0 Å². The van der Waals surface area contributed by atoms with Crippen molar-refractivity contribution >= 4 is 30.7 Å². The Hall–Kier alpha value is -1.73. The molecule has 1 aliphatic carbocycles. The minimum absolute atomic E-state index is 0. The van der Waals surface area contributed by atoms with E-state index >= 15 is 0 Å². The lowest BCUT2D eigenvalue weighted by Crippen LogP contribution is -2.49. The van der Waals surface area contributed by atoms with Crippen molar-refractivity contribution in [1.82, 2.24) is 14.7 Å². The number of hydrogen-bond acceptors (Lipinski definition) is 3. The van der Waals surface area contributed by atoms with Crippen LogP contribution in [0.2, 0.25) is 0 Å². The monoisotopic (exact) mass is 497 g/mol. The fourth-order valence-electron chi connectivity index (χ4n) is 5.49. The molecule has 3 aliphatic rings. The van der Waals surface area contributed by atoms with Crippen LogP contribution in [0.4, 0.5) is 8.78 Å². The quantitative estimate of drug-likeness (QED) is 0.602.